The maximum absolute atomic E-state index is 13.9. The molecule has 6 nitrogen and oxygen atoms in total. The van der Waals surface area contributed by atoms with Gasteiger partial charge in [-0.25, -0.2) is 0 Å². The van der Waals surface area contributed by atoms with Gasteiger partial charge < -0.3 is 21.7 Å². The quantitative estimate of drug-likeness (QED) is 0.209. The molecule has 1 aliphatic rings. The highest BCUT2D eigenvalue weighted by Crippen LogP contribution is 2.27. The lowest BCUT2D eigenvalue weighted by molar-refractivity contribution is -0.138. The third-order valence-corrected chi connectivity index (χ3v) is 8.81. The van der Waals surface area contributed by atoms with Gasteiger partial charge in [-0.2, -0.15) is 0 Å². The van der Waals surface area contributed by atoms with E-state index in [1.165, 1.54) is 10.8 Å². The van der Waals surface area contributed by atoms with Crippen molar-refractivity contribution in [2.45, 2.75) is 64.1 Å². The number of hydrogen-bond donors (Lipinski definition) is 3. The van der Waals surface area contributed by atoms with Crippen molar-refractivity contribution in [2.24, 2.45) is 17.4 Å². The summed E-state index contributed by atoms with van der Waals surface area (Å²) in [7, 11) is 0. The fourth-order valence-corrected chi connectivity index (χ4v) is 6.69. The van der Waals surface area contributed by atoms with E-state index in [2.05, 4.69) is 59.3 Å². The first-order chi connectivity index (χ1) is 20.2. The van der Waals surface area contributed by atoms with Gasteiger partial charge in [-0.1, -0.05) is 85.6 Å². The molecular weight excluding hydrogens is 565 g/mol. The second-order valence-electron chi connectivity index (χ2n) is 12.2. The zero-order chi connectivity index (χ0) is 30.1. The summed E-state index contributed by atoms with van der Waals surface area (Å²) in [6, 6.07) is 20.6. The van der Waals surface area contributed by atoms with Gasteiger partial charge >= 0.3 is 0 Å². The first-order valence-electron chi connectivity index (χ1n) is 15.3. The number of piperazine rings is 1. The van der Waals surface area contributed by atoms with Crippen LogP contribution < -0.4 is 16.8 Å². The van der Waals surface area contributed by atoms with E-state index >= 15 is 0 Å². The van der Waals surface area contributed by atoms with Crippen LogP contribution in [0.4, 0.5) is 0 Å². The topological polar surface area (TPSA) is 87.6 Å². The summed E-state index contributed by atoms with van der Waals surface area (Å²) in [5.74, 6) is 0.686. The van der Waals surface area contributed by atoms with Crippen molar-refractivity contribution >= 4 is 39.9 Å². The summed E-state index contributed by atoms with van der Waals surface area (Å²) in [5.41, 5.74) is 14.5. The number of hydrogen-bond acceptors (Lipinski definition) is 5. The Balaban J connectivity index is 1.50. The van der Waals surface area contributed by atoms with E-state index in [1.54, 1.807) is 6.07 Å². The highest BCUT2D eigenvalue weighted by molar-refractivity contribution is 6.35. The zero-order valence-corrected chi connectivity index (χ0v) is 26.6. The smallest absolute Gasteiger partial charge is 0.227 e. The van der Waals surface area contributed by atoms with Gasteiger partial charge in [0.05, 0.1) is 6.42 Å². The van der Waals surface area contributed by atoms with Gasteiger partial charge in [0.15, 0.2) is 0 Å². The maximum atomic E-state index is 13.9. The summed E-state index contributed by atoms with van der Waals surface area (Å²) >= 11 is 12.6. The number of carbonyl (C=O) groups is 1. The number of fused-ring (bicyclic) bond motifs is 1. The third kappa shape index (κ3) is 9.40. The minimum Gasteiger partial charge on any atom is -0.337 e. The van der Waals surface area contributed by atoms with Crippen LogP contribution in [0.15, 0.2) is 60.7 Å². The van der Waals surface area contributed by atoms with E-state index in [9.17, 15) is 4.79 Å². The van der Waals surface area contributed by atoms with Crippen LogP contribution in [-0.2, 0) is 17.6 Å². The maximum Gasteiger partial charge on any atom is 0.227 e. The lowest BCUT2D eigenvalue weighted by atomic mass is 9.94. The molecule has 0 saturated carbocycles. The van der Waals surface area contributed by atoms with Crippen LogP contribution in [0, 0.1) is 5.92 Å². The van der Waals surface area contributed by atoms with Gasteiger partial charge in [0.25, 0.3) is 0 Å². The van der Waals surface area contributed by atoms with E-state index < -0.39 is 0 Å². The van der Waals surface area contributed by atoms with E-state index in [-0.39, 0.29) is 24.0 Å². The number of halogens is 2. The Kier molecular flexibility index (Phi) is 12.5. The SMILES string of the molecule is CC(C)C[C@@H]1CN(CC(N)Cc2ccc(Cl)cc2Cl)[C@@H](CCCNCCN)CN1C(=O)Cc1ccc2ccccc2c1. The second kappa shape index (κ2) is 16.0. The summed E-state index contributed by atoms with van der Waals surface area (Å²) in [6.07, 6.45) is 4.06. The molecule has 0 bridgehead atoms. The molecule has 1 amide bonds. The number of nitrogens with zero attached hydrogens (tertiary/aromatic N) is 2. The Morgan fingerprint density at radius 3 is 2.52 bits per heavy atom. The first kappa shape index (κ1) is 32.7. The Labute approximate surface area is 261 Å². The summed E-state index contributed by atoms with van der Waals surface area (Å²) < 4.78 is 0. The average Bonchev–Trinajstić information content (AvgIpc) is 2.95. The van der Waals surface area contributed by atoms with Gasteiger partial charge in [0.1, 0.15) is 0 Å². The van der Waals surface area contributed by atoms with Gasteiger partial charge in [-0.05, 0) is 72.2 Å². The second-order valence-corrected chi connectivity index (χ2v) is 13.0. The Morgan fingerprint density at radius 2 is 1.79 bits per heavy atom. The van der Waals surface area contributed by atoms with Gasteiger partial charge in [0.2, 0.25) is 5.91 Å². The van der Waals surface area contributed by atoms with Crippen molar-refractivity contribution in [3.63, 3.8) is 0 Å². The van der Waals surface area contributed by atoms with Crippen LogP contribution in [0.2, 0.25) is 10.0 Å². The summed E-state index contributed by atoms with van der Waals surface area (Å²) in [4.78, 5) is 18.6. The predicted molar refractivity (Wildman–Crippen MR) is 177 cm³/mol. The molecule has 3 atom stereocenters. The number of rotatable bonds is 14. The van der Waals surface area contributed by atoms with Gasteiger partial charge in [0, 0.05) is 60.9 Å². The Bertz CT molecular complexity index is 1300. The van der Waals surface area contributed by atoms with Crippen molar-refractivity contribution in [2.75, 3.05) is 39.3 Å². The number of benzene rings is 3. The van der Waals surface area contributed by atoms with Crippen LogP contribution in [0.5, 0.6) is 0 Å². The molecule has 1 heterocycles. The largest absolute Gasteiger partial charge is 0.337 e. The van der Waals surface area contributed by atoms with Crippen LogP contribution in [0.25, 0.3) is 10.8 Å². The highest BCUT2D eigenvalue weighted by Gasteiger charge is 2.36. The molecule has 228 valence electrons. The first-order valence-corrected chi connectivity index (χ1v) is 16.1. The molecule has 0 radical (unpaired) electrons. The summed E-state index contributed by atoms with van der Waals surface area (Å²) in [5, 5.41) is 7.06. The molecule has 1 aliphatic heterocycles. The van der Waals surface area contributed by atoms with Gasteiger partial charge in [-0.3, -0.25) is 9.69 Å². The van der Waals surface area contributed by atoms with E-state index in [1.807, 2.05) is 24.3 Å². The van der Waals surface area contributed by atoms with Crippen LogP contribution in [0.3, 0.4) is 0 Å². The minimum atomic E-state index is -0.0823. The van der Waals surface area contributed by atoms with Gasteiger partial charge in [-0.15, -0.1) is 0 Å². The van der Waals surface area contributed by atoms with Crippen LogP contribution >= 0.6 is 23.2 Å². The third-order valence-electron chi connectivity index (χ3n) is 8.22. The molecule has 0 aliphatic carbocycles. The molecule has 1 saturated heterocycles. The molecule has 0 aromatic heterocycles. The molecule has 5 N–H and O–H groups in total. The Morgan fingerprint density at radius 1 is 1.00 bits per heavy atom. The Hall–Kier alpha value is -2.19. The van der Waals surface area contributed by atoms with E-state index in [0.717, 1.165) is 63.1 Å². The molecular formula is C34H47Cl2N5O. The minimum absolute atomic E-state index is 0.0823. The predicted octanol–water partition coefficient (Wildman–Crippen LogP) is 5.52. The molecule has 1 fully saturated rings. The number of carbonyl (C=O) groups excluding carboxylic acids is 1. The van der Waals surface area contributed by atoms with Crippen molar-refractivity contribution in [1.29, 1.82) is 0 Å². The average molecular weight is 613 g/mol. The summed E-state index contributed by atoms with van der Waals surface area (Å²) in [6.45, 7) is 9.12. The van der Waals surface area contributed by atoms with E-state index in [0.29, 0.717) is 35.3 Å². The molecule has 42 heavy (non-hydrogen) atoms. The number of amides is 1. The number of nitrogens with one attached hydrogen (secondary N) is 1. The fourth-order valence-electron chi connectivity index (χ4n) is 6.21. The number of nitrogens with two attached hydrogens (primary N) is 2. The molecule has 1 unspecified atom stereocenters. The van der Waals surface area contributed by atoms with Crippen molar-refractivity contribution in [1.82, 2.24) is 15.1 Å². The monoisotopic (exact) mass is 611 g/mol. The van der Waals surface area contributed by atoms with Crippen molar-refractivity contribution < 1.29 is 4.79 Å². The van der Waals surface area contributed by atoms with Crippen LogP contribution in [-0.4, -0.2) is 73.1 Å². The molecule has 0 spiro atoms. The standard InChI is InChI=1S/C34H47Cl2N5O/c1-24(2)16-32-22-40(21-30(38)19-28-11-12-29(35)20-33(28)36)31(8-5-14-39-15-13-37)23-41(32)34(42)18-25-9-10-26-6-3-4-7-27(26)17-25/h3-4,6-7,9-12,17,20,24,30-32,39H,5,8,13-16,18-19,21-23,37-38H2,1-2H3/t30?,31-,32+/m0/s1. The fraction of sp³-hybridized carbons (Fsp3) is 0.500. The van der Waals surface area contributed by atoms with Crippen LogP contribution in [0.1, 0.15) is 44.2 Å². The highest BCUT2D eigenvalue weighted by atomic mass is 35.5. The molecule has 4 rings (SSSR count). The molecule has 3 aromatic rings. The van der Waals surface area contributed by atoms with E-state index in [4.69, 9.17) is 34.7 Å². The normalized spacial score (nSPS) is 18.6. The van der Waals surface area contributed by atoms with Crippen molar-refractivity contribution in [3.8, 4) is 0 Å². The zero-order valence-electron chi connectivity index (χ0n) is 25.1. The molecule has 8 heteroatoms. The lowest BCUT2D eigenvalue weighted by Crippen LogP contribution is -2.62. The molecule has 3 aromatic carbocycles. The van der Waals surface area contributed by atoms with Crippen molar-refractivity contribution in [3.05, 3.63) is 81.8 Å². The lowest BCUT2D eigenvalue weighted by Gasteiger charge is -2.48.